The van der Waals surface area contributed by atoms with Crippen molar-refractivity contribution in [2.75, 3.05) is 24.4 Å². The fraction of sp³-hybridized carbons (Fsp3) is 0.188. The van der Waals surface area contributed by atoms with Gasteiger partial charge >= 0.3 is 6.09 Å². The van der Waals surface area contributed by atoms with E-state index < -0.39 is 6.09 Å². The maximum atomic E-state index is 12.5. The summed E-state index contributed by atoms with van der Waals surface area (Å²) in [6.45, 7) is 1.95. The number of aromatic amines is 1. The first-order valence-electron chi connectivity index (χ1n) is 7.58. The molecule has 1 aromatic carbocycles. The molecule has 0 atom stereocenters. The third kappa shape index (κ3) is 3.11. The zero-order valence-corrected chi connectivity index (χ0v) is 13.8. The molecule has 0 bridgehead atoms. The second kappa shape index (κ2) is 6.95. The van der Waals surface area contributed by atoms with Gasteiger partial charge in [0.05, 0.1) is 26.2 Å². The molecule has 0 aliphatic rings. The van der Waals surface area contributed by atoms with Gasteiger partial charge in [-0.05, 0) is 31.2 Å². The van der Waals surface area contributed by atoms with Crippen LogP contribution in [0.5, 0.6) is 5.75 Å². The molecule has 3 rings (SSSR count). The Kier molecular flexibility index (Phi) is 4.55. The highest BCUT2D eigenvalue weighted by atomic mass is 16.6. The van der Waals surface area contributed by atoms with Crippen molar-refractivity contribution < 1.29 is 14.3 Å². The Morgan fingerprint density at radius 2 is 2.12 bits per heavy atom. The number of nitrogens with one attached hydrogen (secondary N) is 1. The van der Waals surface area contributed by atoms with E-state index in [9.17, 15) is 4.79 Å². The van der Waals surface area contributed by atoms with E-state index in [0.29, 0.717) is 5.82 Å². The third-order valence-corrected chi connectivity index (χ3v) is 3.51. The number of methoxy groups -OCH3 is 1. The number of imidazole rings is 2. The minimum Gasteiger partial charge on any atom is -0.497 e. The van der Waals surface area contributed by atoms with Crippen molar-refractivity contribution in [3.8, 4) is 11.4 Å². The molecule has 2 heterocycles. The number of nitrogens with two attached hydrogens (primary N) is 1. The molecule has 9 nitrogen and oxygen atoms in total. The Labute approximate surface area is 144 Å². The zero-order valence-electron chi connectivity index (χ0n) is 13.8. The Morgan fingerprint density at radius 3 is 2.72 bits per heavy atom. The predicted molar refractivity (Wildman–Crippen MR) is 92.3 cm³/mol. The molecule has 0 fully saturated rings. The first kappa shape index (κ1) is 16.4. The van der Waals surface area contributed by atoms with Crippen LogP contribution >= 0.6 is 0 Å². The van der Waals surface area contributed by atoms with E-state index in [4.69, 9.17) is 15.2 Å². The van der Waals surface area contributed by atoms with Crippen LogP contribution in [0.2, 0.25) is 0 Å². The first-order valence-corrected chi connectivity index (χ1v) is 7.58. The van der Waals surface area contributed by atoms with Crippen LogP contribution in [-0.2, 0) is 4.74 Å². The van der Waals surface area contributed by atoms with Crippen molar-refractivity contribution in [3.63, 3.8) is 0 Å². The topological polar surface area (TPSA) is 111 Å². The number of carbonyl (C=O) groups excluding carboxylic acids is 1. The molecule has 3 N–H and O–H groups in total. The lowest BCUT2D eigenvalue weighted by Crippen LogP contribution is -2.29. The summed E-state index contributed by atoms with van der Waals surface area (Å²) in [4.78, 5) is 24.8. The molecule has 9 heteroatoms. The van der Waals surface area contributed by atoms with Crippen LogP contribution in [0, 0.1) is 0 Å². The van der Waals surface area contributed by atoms with Gasteiger partial charge in [0.1, 0.15) is 23.7 Å². The van der Waals surface area contributed by atoms with Crippen molar-refractivity contribution in [2.24, 2.45) is 0 Å². The van der Waals surface area contributed by atoms with Crippen LogP contribution < -0.4 is 15.4 Å². The van der Waals surface area contributed by atoms with E-state index in [1.165, 1.54) is 17.4 Å². The smallest absolute Gasteiger partial charge is 0.421 e. The minimum atomic E-state index is -0.600. The van der Waals surface area contributed by atoms with E-state index >= 15 is 0 Å². The maximum absolute atomic E-state index is 12.5. The van der Waals surface area contributed by atoms with Crippen LogP contribution in [0.1, 0.15) is 6.92 Å². The van der Waals surface area contributed by atoms with Crippen molar-refractivity contribution in [2.45, 2.75) is 6.92 Å². The number of aromatic nitrogens is 4. The van der Waals surface area contributed by atoms with Gasteiger partial charge in [0.15, 0.2) is 5.82 Å². The SMILES string of the molecule is CCOC(=O)N(c1nc[nH]c1N)c1cncn1-c1ccc(OC)cc1. The Morgan fingerprint density at radius 1 is 1.36 bits per heavy atom. The van der Waals surface area contributed by atoms with Gasteiger partial charge in [-0.25, -0.2) is 19.7 Å². The Hall–Kier alpha value is -3.49. The van der Waals surface area contributed by atoms with Gasteiger partial charge in [-0.2, -0.15) is 0 Å². The van der Waals surface area contributed by atoms with Crippen molar-refractivity contribution in [3.05, 3.63) is 43.1 Å². The van der Waals surface area contributed by atoms with Gasteiger partial charge in [-0.15, -0.1) is 0 Å². The van der Waals surface area contributed by atoms with Gasteiger partial charge in [-0.3, -0.25) is 4.57 Å². The molecule has 3 aromatic rings. The summed E-state index contributed by atoms with van der Waals surface area (Å²) in [5, 5.41) is 0. The molecule has 0 unspecified atom stereocenters. The monoisotopic (exact) mass is 342 g/mol. The number of hydrogen-bond donors (Lipinski definition) is 2. The summed E-state index contributed by atoms with van der Waals surface area (Å²) in [6, 6.07) is 7.33. The number of amides is 1. The zero-order chi connectivity index (χ0) is 17.8. The normalized spacial score (nSPS) is 10.5. The van der Waals surface area contributed by atoms with Crippen molar-refractivity contribution in [1.82, 2.24) is 19.5 Å². The molecule has 0 saturated carbocycles. The predicted octanol–water partition coefficient (Wildman–Crippen LogP) is 2.48. The number of nitrogen functional groups attached to an aromatic ring is 1. The Balaban J connectivity index is 2.07. The summed E-state index contributed by atoms with van der Waals surface area (Å²) in [7, 11) is 1.60. The number of benzene rings is 1. The van der Waals surface area contributed by atoms with Crippen molar-refractivity contribution >= 4 is 23.5 Å². The number of carbonyl (C=O) groups is 1. The van der Waals surface area contributed by atoms with E-state index in [1.54, 1.807) is 24.9 Å². The van der Waals surface area contributed by atoms with Gasteiger partial charge in [-0.1, -0.05) is 0 Å². The molecule has 0 spiro atoms. The van der Waals surface area contributed by atoms with Crippen molar-refractivity contribution in [1.29, 1.82) is 0 Å². The highest BCUT2D eigenvalue weighted by molar-refractivity contribution is 5.96. The molecule has 1 amide bonds. The first-order chi connectivity index (χ1) is 12.2. The second-order valence-electron chi connectivity index (χ2n) is 4.99. The van der Waals surface area contributed by atoms with Gasteiger partial charge in [0.2, 0.25) is 0 Å². The third-order valence-electron chi connectivity index (χ3n) is 3.51. The summed E-state index contributed by atoms with van der Waals surface area (Å²) in [5.74, 6) is 1.66. The quantitative estimate of drug-likeness (QED) is 0.737. The number of rotatable bonds is 5. The van der Waals surface area contributed by atoms with Crippen LogP contribution in [0.4, 0.5) is 22.2 Å². The lowest BCUT2D eigenvalue weighted by molar-refractivity contribution is 0.162. The summed E-state index contributed by atoms with van der Waals surface area (Å²) >= 11 is 0. The molecule has 2 aromatic heterocycles. The number of hydrogen-bond acceptors (Lipinski definition) is 6. The molecular weight excluding hydrogens is 324 g/mol. The van der Waals surface area contributed by atoms with E-state index in [0.717, 1.165) is 11.4 Å². The maximum Gasteiger partial charge on any atom is 0.421 e. The average Bonchev–Trinajstić information content (AvgIpc) is 3.26. The summed E-state index contributed by atoms with van der Waals surface area (Å²) in [6.07, 6.45) is 3.93. The van der Waals surface area contributed by atoms with Crippen LogP contribution in [-0.4, -0.2) is 39.3 Å². The fourth-order valence-electron chi connectivity index (χ4n) is 2.35. The number of ether oxygens (including phenoxy) is 2. The van der Waals surface area contributed by atoms with Gasteiger partial charge in [0.25, 0.3) is 0 Å². The number of nitrogens with zero attached hydrogens (tertiary/aromatic N) is 4. The molecule has 25 heavy (non-hydrogen) atoms. The number of anilines is 3. The molecule has 0 aliphatic heterocycles. The van der Waals surface area contributed by atoms with Gasteiger partial charge in [0, 0.05) is 5.69 Å². The number of H-pyrrole nitrogens is 1. The second-order valence-corrected chi connectivity index (χ2v) is 4.99. The average molecular weight is 342 g/mol. The highest BCUT2D eigenvalue weighted by Gasteiger charge is 2.27. The highest BCUT2D eigenvalue weighted by Crippen LogP contribution is 2.30. The lowest BCUT2D eigenvalue weighted by Gasteiger charge is -2.21. The molecule has 0 saturated heterocycles. The minimum absolute atomic E-state index is 0.219. The standard InChI is InChI=1S/C16H18N6O3/c1-3-25-16(23)22(15-14(17)19-9-20-15)13-8-18-10-21(13)11-4-6-12(24-2)7-5-11/h4-10H,3,17H2,1-2H3,(H,19,20). The fourth-order valence-corrected chi connectivity index (χ4v) is 2.35. The van der Waals surface area contributed by atoms with Crippen LogP contribution in [0.25, 0.3) is 5.69 Å². The van der Waals surface area contributed by atoms with E-state index in [1.807, 2.05) is 24.3 Å². The van der Waals surface area contributed by atoms with E-state index in [-0.39, 0.29) is 18.2 Å². The largest absolute Gasteiger partial charge is 0.497 e. The Bertz CT molecular complexity index is 855. The molecule has 0 aliphatic carbocycles. The summed E-state index contributed by atoms with van der Waals surface area (Å²) in [5.41, 5.74) is 6.68. The van der Waals surface area contributed by atoms with E-state index in [2.05, 4.69) is 15.0 Å². The summed E-state index contributed by atoms with van der Waals surface area (Å²) < 4.78 is 12.0. The van der Waals surface area contributed by atoms with Gasteiger partial charge < -0.3 is 20.2 Å². The van der Waals surface area contributed by atoms with Crippen LogP contribution in [0.3, 0.4) is 0 Å². The molecule has 130 valence electrons. The molecule has 0 radical (unpaired) electrons. The molecular formula is C16H18N6O3. The lowest BCUT2D eigenvalue weighted by atomic mass is 10.3. The van der Waals surface area contributed by atoms with Crippen LogP contribution in [0.15, 0.2) is 43.1 Å².